The molecule has 0 bridgehead atoms. The van der Waals surface area contributed by atoms with Gasteiger partial charge in [-0.15, -0.1) is 0 Å². The lowest BCUT2D eigenvalue weighted by atomic mass is 10.0. The zero-order chi connectivity index (χ0) is 11.0. The molecule has 92 valence electrons. The molecule has 0 aromatic heterocycles. The summed E-state index contributed by atoms with van der Waals surface area (Å²) >= 11 is 0. The van der Waals surface area contributed by atoms with E-state index in [0.29, 0.717) is 0 Å². The van der Waals surface area contributed by atoms with Gasteiger partial charge in [0.15, 0.2) is 0 Å². The monoisotopic (exact) mass is 223 g/mol. The van der Waals surface area contributed by atoms with E-state index in [1.807, 2.05) is 0 Å². The number of piperidine rings is 1. The normalized spacial score (nSPS) is 38.1. The summed E-state index contributed by atoms with van der Waals surface area (Å²) in [5.74, 6) is 0. The average Bonchev–Trinajstić information content (AvgIpc) is 2.98. The third-order valence-electron chi connectivity index (χ3n) is 4.38. The van der Waals surface area contributed by atoms with Gasteiger partial charge >= 0.3 is 0 Å². The average molecular weight is 223 g/mol. The number of hydrogen-bond donors (Lipinski definition) is 1. The van der Waals surface area contributed by atoms with E-state index in [-0.39, 0.29) is 0 Å². The third kappa shape index (κ3) is 2.58. The highest BCUT2D eigenvalue weighted by Gasteiger charge is 2.32. The maximum Gasteiger partial charge on any atom is 0.0235 e. The Balaban J connectivity index is 1.50. The van der Waals surface area contributed by atoms with Gasteiger partial charge in [0.2, 0.25) is 0 Å². The number of likely N-dealkylation sites (tertiary alicyclic amines) is 2. The fourth-order valence-electron chi connectivity index (χ4n) is 3.27. The summed E-state index contributed by atoms with van der Waals surface area (Å²) in [7, 11) is 2.25. The molecular weight excluding hydrogens is 198 g/mol. The van der Waals surface area contributed by atoms with Crippen LogP contribution >= 0.6 is 0 Å². The van der Waals surface area contributed by atoms with Crippen LogP contribution < -0.4 is 5.32 Å². The second-order valence-corrected chi connectivity index (χ2v) is 5.98. The zero-order valence-electron chi connectivity index (χ0n) is 10.5. The first-order chi connectivity index (χ1) is 7.81. The molecule has 1 N–H and O–H groups in total. The Morgan fingerprint density at radius 3 is 2.50 bits per heavy atom. The molecule has 0 radical (unpaired) electrons. The fraction of sp³-hybridized carbons (Fsp3) is 1.00. The summed E-state index contributed by atoms with van der Waals surface area (Å²) in [6.07, 6.45) is 7.01. The van der Waals surface area contributed by atoms with E-state index in [4.69, 9.17) is 0 Å². The van der Waals surface area contributed by atoms with Crippen molar-refractivity contribution in [2.45, 2.75) is 50.2 Å². The number of likely N-dealkylation sites (N-methyl/N-ethyl adjacent to an activating group) is 1. The van der Waals surface area contributed by atoms with Gasteiger partial charge in [-0.2, -0.15) is 0 Å². The molecular formula is C13H25N3. The molecule has 3 aliphatic rings. The van der Waals surface area contributed by atoms with Gasteiger partial charge in [0.1, 0.15) is 0 Å². The number of rotatable bonds is 3. The van der Waals surface area contributed by atoms with Crippen molar-refractivity contribution in [3.8, 4) is 0 Å². The molecule has 1 aliphatic carbocycles. The van der Waals surface area contributed by atoms with Crippen molar-refractivity contribution in [1.29, 1.82) is 0 Å². The van der Waals surface area contributed by atoms with Crippen LogP contribution in [-0.2, 0) is 0 Å². The Hall–Kier alpha value is -0.120. The van der Waals surface area contributed by atoms with Crippen molar-refractivity contribution in [2.24, 2.45) is 0 Å². The molecule has 3 rings (SSSR count). The minimum atomic E-state index is 0.784. The van der Waals surface area contributed by atoms with Crippen LogP contribution in [0.25, 0.3) is 0 Å². The maximum absolute atomic E-state index is 3.80. The van der Waals surface area contributed by atoms with Crippen molar-refractivity contribution in [3.05, 3.63) is 0 Å². The molecule has 2 aliphatic heterocycles. The summed E-state index contributed by atoms with van der Waals surface area (Å²) in [5.41, 5.74) is 0. The first kappa shape index (κ1) is 11.0. The Labute approximate surface area is 99.2 Å². The lowest BCUT2D eigenvalue weighted by molar-refractivity contribution is 0.139. The minimum Gasteiger partial charge on any atom is -0.310 e. The topological polar surface area (TPSA) is 18.5 Å². The zero-order valence-corrected chi connectivity index (χ0v) is 10.5. The summed E-state index contributed by atoms with van der Waals surface area (Å²) in [5, 5.41) is 3.80. The van der Waals surface area contributed by atoms with Gasteiger partial charge < -0.3 is 10.2 Å². The van der Waals surface area contributed by atoms with E-state index in [0.717, 1.165) is 18.1 Å². The van der Waals surface area contributed by atoms with Gasteiger partial charge in [0.05, 0.1) is 0 Å². The molecule has 0 aromatic rings. The summed E-state index contributed by atoms with van der Waals surface area (Å²) < 4.78 is 0. The Kier molecular flexibility index (Phi) is 3.18. The van der Waals surface area contributed by atoms with Gasteiger partial charge in [0, 0.05) is 31.2 Å². The Morgan fingerprint density at radius 1 is 0.938 bits per heavy atom. The van der Waals surface area contributed by atoms with Crippen molar-refractivity contribution >= 4 is 0 Å². The fourth-order valence-corrected chi connectivity index (χ4v) is 3.27. The van der Waals surface area contributed by atoms with Crippen LogP contribution in [-0.4, -0.2) is 61.2 Å². The van der Waals surface area contributed by atoms with Crippen molar-refractivity contribution in [2.75, 3.05) is 33.2 Å². The first-order valence-corrected chi connectivity index (χ1v) is 7.00. The van der Waals surface area contributed by atoms with Crippen LogP contribution in [0.4, 0.5) is 0 Å². The molecule has 3 heteroatoms. The van der Waals surface area contributed by atoms with Crippen LogP contribution in [0, 0.1) is 0 Å². The summed E-state index contributed by atoms with van der Waals surface area (Å²) in [4.78, 5) is 5.22. The van der Waals surface area contributed by atoms with Gasteiger partial charge in [-0.1, -0.05) is 0 Å². The van der Waals surface area contributed by atoms with Crippen LogP contribution in [0.15, 0.2) is 0 Å². The van der Waals surface area contributed by atoms with Crippen LogP contribution in [0.5, 0.6) is 0 Å². The third-order valence-corrected chi connectivity index (χ3v) is 4.38. The smallest absolute Gasteiger partial charge is 0.0235 e. The van der Waals surface area contributed by atoms with Crippen molar-refractivity contribution in [1.82, 2.24) is 15.1 Å². The van der Waals surface area contributed by atoms with E-state index in [1.54, 1.807) is 0 Å². The molecule has 2 saturated heterocycles. The molecule has 1 saturated carbocycles. The molecule has 3 nitrogen and oxygen atoms in total. The highest BCUT2D eigenvalue weighted by Crippen LogP contribution is 2.24. The van der Waals surface area contributed by atoms with E-state index < -0.39 is 0 Å². The largest absolute Gasteiger partial charge is 0.310 e. The van der Waals surface area contributed by atoms with E-state index in [9.17, 15) is 0 Å². The predicted molar refractivity (Wildman–Crippen MR) is 66.7 cm³/mol. The van der Waals surface area contributed by atoms with Gasteiger partial charge in [-0.25, -0.2) is 0 Å². The van der Waals surface area contributed by atoms with Crippen molar-refractivity contribution in [3.63, 3.8) is 0 Å². The van der Waals surface area contributed by atoms with Gasteiger partial charge in [0.25, 0.3) is 0 Å². The SMILES string of the molecule is CN1CCC(N2CCCC(NC3CC3)C2)C1. The van der Waals surface area contributed by atoms with Crippen LogP contribution in [0.3, 0.4) is 0 Å². The second kappa shape index (κ2) is 4.63. The van der Waals surface area contributed by atoms with Crippen LogP contribution in [0.2, 0.25) is 0 Å². The summed E-state index contributed by atoms with van der Waals surface area (Å²) in [6.45, 7) is 5.22. The number of nitrogens with one attached hydrogen (secondary N) is 1. The van der Waals surface area contributed by atoms with Crippen molar-refractivity contribution < 1.29 is 0 Å². The van der Waals surface area contributed by atoms with Gasteiger partial charge in [-0.3, -0.25) is 4.90 Å². The van der Waals surface area contributed by atoms with E-state index in [1.165, 1.54) is 58.3 Å². The number of hydrogen-bond acceptors (Lipinski definition) is 3. The highest BCUT2D eigenvalue weighted by atomic mass is 15.3. The lowest BCUT2D eigenvalue weighted by Crippen LogP contribution is -2.50. The molecule has 16 heavy (non-hydrogen) atoms. The predicted octanol–water partition coefficient (Wildman–Crippen LogP) is 0.907. The van der Waals surface area contributed by atoms with Crippen LogP contribution in [0.1, 0.15) is 32.1 Å². The number of nitrogens with zero attached hydrogens (tertiary/aromatic N) is 2. The first-order valence-electron chi connectivity index (χ1n) is 7.00. The molecule has 3 fully saturated rings. The molecule has 2 unspecified atom stereocenters. The maximum atomic E-state index is 3.80. The highest BCUT2D eigenvalue weighted by molar-refractivity contribution is 4.91. The molecule has 2 heterocycles. The molecule has 0 amide bonds. The quantitative estimate of drug-likeness (QED) is 0.767. The standard InChI is InChI=1S/C13H25N3/c1-15-8-6-13(10-15)16-7-2-3-12(9-16)14-11-4-5-11/h11-14H,2-10H2,1H3. The Morgan fingerprint density at radius 2 is 1.81 bits per heavy atom. The molecule has 0 spiro atoms. The van der Waals surface area contributed by atoms with E-state index >= 15 is 0 Å². The van der Waals surface area contributed by atoms with E-state index in [2.05, 4.69) is 22.2 Å². The summed E-state index contributed by atoms with van der Waals surface area (Å²) in [6, 6.07) is 2.50. The molecule has 0 aromatic carbocycles. The molecule has 2 atom stereocenters. The minimum absolute atomic E-state index is 0.784. The van der Waals surface area contributed by atoms with Gasteiger partial charge in [-0.05, 0) is 52.2 Å². The Bertz CT molecular complexity index is 239. The lowest BCUT2D eigenvalue weighted by Gasteiger charge is -2.37. The second-order valence-electron chi connectivity index (χ2n) is 5.98.